The minimum absolute atomic E-state index is 0.199. The van der Waals surface area contributed by atoms with Gasteiger partial charge in [0.15, 0.2) is 5.76 Å². The zero-order valence-electron chi connectivity index (χ0n) is 12.2. The molecule has 2 heterocycles. The van der Waals surface area contributed by atoms with Crippen molar-refractivity contribution in [2.75, 3.05) is 20.2 Å². The molecule has 6 heteroatoms. The average molecular weight is 294 g/mol. The van der Waals surface area contributed by atoms with Crippen LogP contribution in [0.4, 0.5) is 0 Å². The highest BCUT2D eigenvalue weighted by atomic mass is 16.5. The van der Waals surface area contributed by atoms with Gasteiger partial charge in [-0.1, -0.05) is 0 Å². The van der Waals surface area contributed by atoms with Gasteiger partial charge in [-0.15, -0.1) is 0 Å². The molecule has 1 aliphatic heterocycles. The molecule has 0 unspecified atom stereocenters. The van der Waals surface area contributed by atoms with Crippen LogP contribution in [0.5, 0.6) is 0 Å². The van der Waals surface area contributed by atoms with Crippen LogP contribution in [0.2, 0.25) is 0 Å². The highest BCUT2D eigenvalue weighted by Crippen LogP contribution is 2.33. The number of hydrogen-bond donors (Lipinski definition) is 3. The second kappa shape index (κ2) is 6.17. The quantitative estimate of drug-likeness (QED) is 0.754. The van der Waals surface area contributed by atoms with Crippen molar-refractivity contribution in [1.29, 1.82) is 0 Å². The van der Waals surface area contributed by atoms with E-state index in [2.05, 4.69) is 10.6 Å². The number of aliphatic hydroxyl groups excluding tert-OH is 1. The first-order valence-corrected chi connectivity index (χ1v) is 7.44. The topological polar surface area (TPSA) is 83.7 Å². The highest BCUT2D eigenvalue weighted by molar-refractivity contribution is 5.91. The van der Waals surface area contributed by atoms with E-state index in [9.17, 15) is 9.90 Å². The number of hydrogen-bond acceptors (Lipinski definition) is 5. The Kier molecular flexibility index (Phi) is 4.28. The molecule has 2 fully saturated rings. The Hall–Kier alpha value is -1.37. The lowest BCUT2D eigenvalue weighted by atomic mass is 9.77. The van der Waals surface area contributed by atoms with Gasteiger partial charge in [-0.05, 0) is 49.9 Å². The number of aliphatic hydroxyl groups is 1. The third kappa shape index (κ3) is 3.12. The van der Waals surface area contributed by atoms with Crippen molar-refractivity contribution in [3.8, 4) is 0 Å². The van der Waals surface area contributed by atoms with Crippen LogP contribution in [0.25, 0.3) is 0 Å². The van der Waals surface area contributed by atoms with Crippen molar-refractivity contribution in [2.45, 2.75) is 31.6 Å². The molecule has 1 saturated carbocycles. The van der Waals surface area contributed by atoms with E-state index >= 15 is 0 Å². The Bertz CT molecular complexity index is 502. The zero-order valence-corrected chi connectivity index (χ0v) is 12.2. The van der Waals surface area contributed by atoms with Crippen molar-refractivity contribution in [3.05, 3.63) is 23.7 Å². The second-order valence-electron chi connectivity index (χ2n) is 6.00. The van der Waals surface area contributed by atoms with E-state index in [4.69, 9.17) is 9.15 Å². The van der Waals surface area contributed by atoms with Gasteiger partial charge in [0.25, 0.3) is 5.91 Å². The molecule has 0 radical (unpaired) electrons. The molecule has 6 nitrogen and oxygen atoms in total. The first-order valence-electron chi connectivity index (χ1n) is 7.44. The van der Waals surface area contributed by atoms with E-state index in [1.807, 2.05) is 0 Å². The van der Waals surface area contributed by atoms with Gasteiger partial charge in [0, 0.05) is 7.11 Å². The van der Waals surface area contributed by atoms with Crippen LogP contribution in [0.3, 0.4) is 0 Å². The average Bonchev–Trinajstić information content (AvgIpc) is 3.08. The van der Waals surface area contributed by atoms with Crippen LogP contribution >= 0.6 is 0 Å². The normalized spacial score (nSPS) is 31.9. The summed E-state index contributed by atoms with van der Waals surface area (Å²) >= 11 is 0. The van der Waals surface area contributed by atoms with Crippen LogP contribution in [-0.4, -0.2) is 43.4 Å². The van der Waals surface area contributed by atoms with Gasteiger partial charge in [-0.2, -0.15) is 0 Å². The van der Waals surface area contributed by atoms with Gasteiger partial charge in [0.2, 0.25) is 0 Å². The van der Waals surface area contributed by atoms with Gasteiger partial charge in [0.05, 0.1) is 12.1 Å². The molecule has 4 atom stereocenters. The molecule has 0 bridgehead atoms. The van der Waals surface area contributed by atoms with E-state index in [1.165, 1.54) is 0 Å². The molecule has 3 rings (SSSR count). The number of furan rings is 1. The van der Waals surface area contributed by atoms with Crippen molar-refractivity contribution < 1.29 is 19.1 Å². The zero-order chi connectivity index (χ0) is 14.8. The monoisotopic (exact) mass is 294 g/mol. The molecule has 1 saturated heterocycles. The van der Waals surface area contributed by atoms with Crippen molar-refractivity contribution in [1.82, 2.24) is 10.6 Å². The number of amides is 1. The molecule has 1 aromatic heterocycles. The smallest absolute Gasteiger partial charge is 0.287 e. The number of nitrogens with one attached hydrogen (secondary N) is 2. The minimum atomic E-state index is -0.483. The van der Waals surface area contributed by atoms with Crippen LogP contribution in [0, 0.1) is 11.8 Å². The van der Waals surface area contributed by atoms with Crippen molar-refractivity contribution >= 4 is 5.91 Å². The van der Waals surface area contributed by atoms with E-state index < -0.39 is 6.10 Å². The molecule has 2 aliphatic rings. The fraction of sp³-hybridized carbons (Fsp3) is 0.667. The predicted molar refractivity (Wildman–Crippen MR) is 75.8 cm³/mol. The number of ether oxygens (including phenoxy) is 1. The fourth-order valence-corrected chi connectivity index (χ4v) is 3.41. The first kappa shape index (κ1) is 14.6. The third-order valence-electron chi connectivity index (χ3n) is 4.53. The summed E-state index contributed by atoms with van der Waals surface area (Å²) in [6, 6.07) is 3.17. The standard InChI is InChI=1S/C15H22N2O4/c1-20-8-11-2-3-14(21-11)15(19)17-12-4-9-6-16-7-10(9)5-13(12)18/h2-3,9-10,12-13,16,18H,4-8H2,1H3,(H,17,19)/t9-,10+,12-,13-/m0/s1. The highest BCUT2D eigenvalue weighted by Gasteiger charge is 2.39. The maximum Gasteiger partial charge on any atom is 0.287 e. The third-order valence-corrected chi connectivity index (χ3v) is 4.53. The first-order chi connectivity index (χ1) is 10.2. The van der Waals surface area contributed by atoms with E-state index in [0.717, 1.165) is 25.9 Å². The van der Waals surface area contributed by atoms with Crippen LogP contribution in [0.15, 0.2) is 16.5 Å². The van der Waals surface area contributed by atoms with Gasteiger partial charge in [0.1, 0.15) is 12.4 Å². The molecule has 21 heavy (non-hydrogen) atoms. The molecule has 3 N–H and O–H groups in total. The van der Waals surface area contributed by atoms with Crippen molar-refractivity contribution in [3.63, 3.8) is 0 Å². The van der Waals surface area contributed by atoms with Gasteiger partial charge < -0.3 is 24.9 Å². The lowest BCUT2D eigenvalue weighted by Gasteiger charge is -2.35. The Labute approximate surface area is 123 Å². The Morgan fingerprint density at radius 2 is 2.19 bits per heavy atom. The SMILES string of the molecule is COCc1ccc(C(=O)N[C@H]2C[C@H]3CNC[C@H]3C[C@@H]2O)o1. The fourth-order valence-electron chi connectivity index (χ4n) is 3.41. The Morgan fingerprint density at radius 1 is 1.43 bits per heavy atom. The Balaban J connectivity index is 1.60. The van der Waals surface area contributed by atoms with Gasteiger partial charge in [-0.3, -0.25) is 4.79 Å². The van der Waals surface area contributed by atoms with Crippen LogP contribution in [0.1, 0.15) is 29.2 Å². The summed E-state index contributed by atoms with van der Waals surface area (Å²) in [5, 5.41) is 16.5. The summed E-state index contributed by atoms with van der Waals surface area (Å²) in [6.45, 7) is 2.29. The van der Waals surface area contributed by atoms with Crippen molar-refractivity contribution in [2.24, 2.45) is 11.8 Å². The molecule has 1 aromatic rings. The minimum Gasteiger partial charge on any atom is -0.453 e. The van der Waals surface area contributed by atoms with Gasteiger partial charge >= 0.3 is 0 Å². The summed E-state index contributed by atoms with van der Waals surface area (Å²) in [6.07, 6.45) is 1.08. The lowest BCUT2D eigenvalue weighted by molar-refractivity contribution is 0.0451. The predicted octanol–water partition coefficient (Wildman–Crippen LogP) is 0.515. The maximum atomic E-state index is 12.2. The molecule has 1 amide bonds. The molecular weight excluding hydrogens is 272 g/mol. The maximum absolute atomic E-state index is 12.2. The summed E-state index contributed by atoms with van der Waals surface area (Å²) in [5.41, 5.74) is 0. The van der Waals surface area contributed by atoms with E-state index in [0.29, 0.717) is 24.2 Å². The largest absolute Gasteiger partial charge is 0.453 e. The number of carbonyl (C=O) groups excluding carboxylic acids is 1. The number of rotatable bonds is 4. The van der Waals surface area contributed by atoms with Crippen LogP contribution in [-0.2, 0) is 11.3 Å². The van der Waals surface area contributed by atoms with E-state index in [1.54, 1.807) is 19.2 Å². The van der Waals surface area contributed by atoms with Crippen LogP contribution < -0.4 is 10.6 Å². The molecular formula is C15H22N2O4. The summed E-state index contributed by atoms with van der Waals surface area (Å²) in [7, 11) is 1.58. The second-order valence-corrected chi connectivity index (χ2v) is 6.00. The number of fused-ring (bicyclic) bond motifs is 1. The Morgan fingerprint density at radius 3 is 2.95 bits per heavy atom. The molecule has 116 valence electrons. The summed E-state index contributed by atoms with van der Waals surface area (Å²) in [5.74, 6) is 1.68. The molecule has 1 aliphatic carbocycles. The molecule has 0 spiro atoms. The summed E-state index contributed by atoms with van der Waals surface area (Å²) < 4.78 is 10.4. The summed E-state index contributed by atoms with van der Waals surface area (Å²) in [4.78, 5) is 12.2. The molecule has 0 aromatic carbocycles. The van der Waals surface area contributed by atoms with Gasteiger partial charge in [-0.25, -0.2) is 0 Å². The number of methoxy groups -OCH3 is 1. The van der Waals surface area contributed by atoms with E-state index in [-0.39, 0.29) is 17.7 Å². The number of carbonyl (C=O) groups is 1. The lowest BCUT2D eigenvalue weighted by Crippen LogP contribution is -2.49.